The van der Waals surface area contributed by atoms with Gasteiger partial charge in [-0.25, -0.2) is 9.97 Å². The Hall–Kier alpha value is -1.68. The minimum Gasteiger partial charge on any atom is -0.368 e. The Balaban J connectivity index is 1.98. The van der Waals surface area contributed by atoms with Crippen molar-refractivity contribution in [1.82, 2.24) is 14.9 Å². The van der Waals surface area contributed by atoms with Crippen molar-refractivity contribution in [2.45, 2.75) is 20.3 Å². The molecule has 4 heteroatoms. The molecule has 0 aliphatic rings. The molecule has 0 aliphatic heterocycles. The Kier molecular flexibility index (Phi) is 5.10. The minimum atomic E-state index is 0.912. The van der Waals surface area contributed by atoms with E-state index in [1.165, 1.54) is 6.42 Å². The largest absolute Gasteiger partial charge is 0.368 e. The summed E-state index contributed by atoms with van der Waals surface area (Å²) >= 11 is 0. The van der Waals surface area contributed by atoms with Crippen molar-refractivity contribution in [1.29, 1.82) is 0 Å². The van der Waals surface area contributed by atoms with Crippen molar-refractivity contribution in [3.8, 4) is 0 Å². The molecule has 0 saturated heterocycles. The molecular formula is C15H22N4. The van der Waals surface area contributed by atoms with Gasteiger partial charge in [0.2, 0.25) is 0 Å². The third kappa shape index (κ3) is 3.64. The molecule has 0 spiro atoms. The van der Waals surface area contributed by atoms with Crippen LogP contribution < -0.4 is 5.32 Å². The number of para-hydroxylation sites is 1. The average molecular weight is 258 g/mol. The first-order valence-electron chi connectivity index (χ1n) is 7.01. The predicted molar refractivity (Wildman–Crippen MR) is 80.4 cm³/mol. The molecular weight excluding hydrogens is 236 g/mol. The normalized spacial score (nSPS) is 11.1. The van der Waals surface area contributed by atoms with Crippen LogP contribution in [-0.2, 0) is 0 Å². The first-order valence-corrected chi connectivity index (χ1v) is 7.01. The van der Waals surface area contributed by atoms with Crippen molar-refractivity contribution in [3.05, 3.63) is 30.6 Å². The van der Waals surface area contributed by atoms with Gasteiger partial charge in [-0.05, 0) is 31.6 Å². The van der Waals surface area contributed by atoms with Gasteiger partial charge in [-0.15, -0.1) is 0 Å². The van der Waals surface area contributed by atoms with Crippen molar-refractivity contribution in [2.75, 3.05) is 31.5 Å². The zero-order valence-electron chi connectivity index (χ0n) is 11.8. The standard InChI is InChI=1S/C15H22N4/c1-3-10-19(4-2)11-9-16-15-13-7-5-6-8-14(13)17-12-18-15/h5-8,12H,3-4,9-11H2,1-2H3,(H,16,17,18). The second-order valence-electron chi connectivity index (χ2n) is 4.60. The van der Waals surface area contributed by atoms with Gasteiger partial charge in [0.25, 0.3) is 0 Å². The monoisotopic (exact) mass is 258 g/mol. The van der Waals surface area contributed by atoms with Crippen LogP contribution >= 0.6 is 0 Å². The van der Waals surface area contributed by atoms with Crippen LogP contribution in [0.1, 0.15) is 20.3 Å². The molecule has 2 rings (SSSR count). The van der Waals surface area contributed by atoms with Crippen LogP contribution in [0.2, 0.25) is 0 Å². The maximum Gasteiger partial charge on any atom is 0.137 e. The lowest BCUT2D eigenvalue weighted by atomic mass is 10.2. The van der Waals surface area contributed by atoms with Crippen LogP contribution in [0.5, 0.6) is 0 Å². The molecule has 19 heavy (non-hydrogen) atoms. The van der Waals surface area contributed by atoms with Gasteiger partial charge >= 0.3 is 0 Å². The lowest BCUT2D eigenvalue weighted by Gasteiger charge is -2.19. The van der Waals surface area contributed by atoms with Crippen molar-refractivity contribution in [3.63, 3.8) is 0 Å². The lowest BCUT2D eigenvalue weighted by Crippen LogP contribution is -2.29. The molecule has 0 atom stereocenters. The molecule has 1 aromatic carbocycles. The van der Waals surface area contributed by atoms with Crippen LogP contribution in [0.4, 0.5) is 5.82 Å². The number of aromatic nitrogens is 2. The van der Waals surface area contributed by atoms with E-state index in [2.05, 4.69) is 40.1 Å². The molecule has 0 unspecified atom stereocenters. The topological polar surface area (TPSA) is 41.0 Å². The number of fused-ring (bicyclic) bond motifs is 1. The van der Waals surface area contributed by atoms with E-state index < -0.39 is 0 Å². The summed E-state index contributed by atoms with van der Waals surface area (Å²) in [6, 6.07) is 8.09. The van der Waals surface area contributed by atoms with E-state index >= 15 is 0 Å². The Morgan fingerprint density at radius 2 is 1.95 bits per heavy atom. The van der Waals surface area contributed by atoms with Crippen LogP contribution in [0.3, 0.4) is 0 Å². The summed E-state index contributed by atoms with van der Waals surface area (Å²) in [6.07, 6.45) is 2.82. The molecule has 102 valence electrons. The summed E-state index contributed by atoms with van der Waals surface area (Å²) < 4.78 is 0. The number of rotatable bonds is 7. The van der Waals surface area contributed by atoms with Crippen LogP contribution in [0, 0.1) is 0 Å². The summed E-state index contributed by atoms with van der Waals surface area (Å²) in [5.41, 5.74) is 0.987. The van der Waals surface area contributed by atoms with Gasteiger partial charge in [-0.3, -0.25) is 0 Å². The number of benzene rings is 1. The van der Waals surface area contributed by atoms with E-state index in [1.807, 2.05) is 18.2 Å². The van der Waals surface area contributed by atoms with Gasteiger partial charge in [0.15, 0.2) is 0 Å². The van der Waals surface area contributed by atoms with E-state index in [9.17, 15) is 0 Å². The molecule has 2 aromatic rings. The van der Waals surface area contributed by atoms with Crippen LogP contribution in [0.15, 0.2) is 30.6 Å². The van der Waals surface area contributed by atoms with Gasteiger partial charge in [-0.2, -0.15) is 0 Å². The molecule has 0 bridgehead atoms. The summed E-state index contributed by atoms with van der Waals surface area (Å²) in [4.78, 5) is 11.0. The van der Waals surface area contributed by atoms with Gasteiger partial charge in [0, 0.05) is 18.5 Å². The molecule has 4 nitrogen and oxygen atoms in total. The molecule has 0 amide bonds. The number of hydrogen-bond acceptors (Lipinski definition) is 4. The van der Waals surface area contributed by atoms with E-state index in [0.717, 1.165) is 42.9 Å². The molecule has 0 fully saturated rings. The zero-order chi connectivity index (χ0) is 13.5. The SMILES string of the molecule is CCCN(CC)CCNc1ncnc2ccccc12. The highest BCUT2D eigenvalue weighted by Gasteiger charge is 2.03. The summed E-state index contributed by atoms with van der Waals surface area (Å²) in [5.74, 6) is 0.929. The van der Waals surface area contributed by atoms with Gasteiger partial charge in [-0.1, -0.05) is 26.0 Å². The van der Waals surface area contributed by atoms with Gasteiger partial charge in [0.05, 0.1) is 5.52 Å². The maximum absolute atomic E-state index is 4.33. The number of anilines is 1. The second kappa shape index (κ2) is 7.04. The Labute approximate surface area is 114 Å². The van der Waals surface area contributed by atoms with Crippen LogP contribution in [-0.4, -0.2) is 41.0 Å². The lowest BCUT2D eigenvalue weighted by molar-refractivity contribution is 0.300. The second-order valence-corrected chi connectivity index (χ2v) is 4.60. The molecule has 1 heterocycles. The Morgan fingerprint density at radius 1 is 1.11 bits per heavy atom. The van der Waals surface area contributed by atoms with Gasteiger partial charge in [0.1, 0.15) is 12.1 Å². The fourth-order valence-electron chi connectivity index (χ4n) is 2.22. The van der Waals surface area contributed by atoms with E-state index in [4.69, 9.17) is 0 Å². The molecule has 0 saturated carbocycles. The van der Waals surface area contributed by atoms with Gasteiger partial charge < -0.3 is 10.2 Å². The smallest absolute Gasteiger partial charge is 0.137 e. The fourth-order valence-corrected chi connectivity index (χ4v) is 2.22. The molecule has 1 N–H and O–H groups in total. The Bertz CT molecular complexity index is 507. The highest BCUT2D eigenvalue weighted by Crippen LogP contribution is 2.17. The highest BCUT2D eigenvalue weighted by molar-refractivity contribution is 5.88. The number of nitrogens with zero attached hydrogens (tertiary/aromatic N) is 3. The third-order valence-electron chi connectivity index (χ3n) is 3.25. The predicted octanol–water partition coefficient (Wildman–Crippen LogP) is 2.77. The molecule has 1 aromatic heterocycles. The van der Waals surface area contributed by atoms with Crippen molar-refractivity contribution in [2.24, 2.45) is 0 Å². The fraction of sp³-hybridized carbons (Fsp3) is 0.467. The average Bonchev–Trinajstić information content (AvgIpc) is 2.46. The number of hydrogen-bond donors (Lipinski definition) is 1. The molecule has 0 aliphatic carbocycles. The number of nitrogens with one attached hydrogen (secondary N) is 1. The van der Waals surface area contributed by atoms with E-state index in [1.54, 1.807) is 6.33 Å². The maximum atomic E-state index is 4.33. The zero-order valence-corrected chi connectivity index (χ0v) is 11.8. The van der Waals surface area contributed by atoms with Crippen molar-refractivity contribution >= 4 is 16.7 Å². The summed E-state index contributed by atoms with van der Waals surface area (Å²) in [6.45, 7) is 8.63. The first-order chi connectivity index (χ1) is 9.35. The van der Waals surface area contributed by atoms with Crippen LogP contribution in [0.25, 0.3) is 10.9 Å². The number of likely N-dealkylation sites (N-methyl/N-ethyl adjacent to an activating group) is 1. The van der Waals surface area contributed by atoms with E-state index in [0.29, 0.717) is 0 Å². The Morgan fingerprint density at radius 3 is 2.74 bits per heavy atom. The highest BCUT2D eigenvalue weighted by atomic mass is 15.1. The third-order valence-corrected chi connectivity index (χ3v) is 3.25. The van der Waals surface area contributed by atoms with E-state index in [-0.39, 0.29) is 0 Å². The first kappa shape index (κ1) is 13.7. The summed E-state index contributed by atoms with van der Waals surface area (Å²) in [7, 11) is 0. The van der Waals surface area contributed by atoms with Crippen molar-refractivity contribution < 1.29 is 0 Å². The molecule has 0 radical (unpaired) electrons. The quantitative estimate of drug-likeness (QED) is 0.829. The summed E-state index contributed by atoms with van der Waals surface area (Å²) in [5, 5.41) is 4.50. The minimum absolute atomic E-state index is 0.912.